The largest absolute Gasteiger partial charge is 0.141 e. The zero-order chi connectivity index (χ0) is 7.11. The van der Waals surface area contributed by atoms with Crippen LogP contribution in [0.5, 0.6) is 0 Å². The molecule has 50 valence electrons. The molecule has 1 atom stereocenters. The third kappa shape index (κ3) is 4.44. The first-order chi connectivity index (χ1) is 4.39. The molecule has 1 aromatic rings. The number of benzene rings is 1. The minimum atomic E-state index is 0.794. The Labute approximate surface area is 63.4 Å². The van der Waals surface area contributed by atoms with Gasteiger partial charge in [-0.15, -0.1) is 9.24 Å². The monoisotopic (exact) mass is 160 g/mol. The van der Waals surface area contributed by atoms with E-state index in [1.54, 1.807) is 0 Å². The van der Waals surface area contributed by atoms with Gasteiger partial charge in [-0.05, 0) is 12.1 Å². The van der Waals surface area contributed by atoms with Gasteiger partial charge in [0, 0.05) is 5.02 Å². The van der Waals surface area contributed by atoms with Crippen LogP contribution < -0.4 is 0 Å². The second kappa shape index (κ2) is 6.07. The first-order valence-electron chi connectivity index (χ1n) is 2.68. The van der Waals surface area contributed by atoms with Crippen LogP contribution in [-0.2, 0) is 0 Å². The molecule has 1 aromatic carbocycles. The summed E-state index contributed by atoms with van der Waals surface area (Å²) in [4.78, 5) is 0. The van der Waals surface area contributed by atoms with Crippen LogP contribution in [0.4, 0.5) is 0 Å². The molecule has 0 spiro atoms. The Kier molecular flexibility index (Phi) is 6.03. The van der Waals surface area contributed by atoms with Crippen molar-refractivity contribution in [2.45, 2.75) is 0 Å². The highest BCUT2D eigenvalue weighted by Crippen LogP contribution is 2.03. The van der Waals surface area contributed by atoms with Crippen molar-refractivity contribution in [1.29, 1.82) is 0 Å². The van der Waals surface area contributed by atoms with Crippen molar-refractivity contribution in [1.82, 2.24) is 0 Å². The number of hydrogen-bond donors (Lipinski definition) is 0. The minimum absolute atomic E-state index is 0.794. The maximum Gasteiger partial charge on any atom is 0.0405 e. The van der Waals surface area contributed by atoms with E-state index >= 15 is 0 Å². The Balaban J connectivity index is 0.000000291. The van der Waals surface area contributed by atoms with Gasteiger partial charge >= 0.3 is 0 Å². The van der Waals surface area contributed by atoms with E-state index in [1.807, 2.05) is 37.0 Å². The van der Waals surface area contributed by atoms with Gasteiger partial charge < -0.3 is 0 Å². The van der Waals surface area contributed by atoms with Gasteiger partial charge in [0.15, 0.2) is 0 Å². The van der Waals surface area contributed by atoms with Gasteiger partial charge in [-0.2, -0.15) is 0 Å². The molecule has 0 aliphatic carbocycles. The average Bonchev–Trinajstić information content (AvgIpc) is 1.94. The maximum absolute atomic E-state index is 5.54. The lowest BCUT2D eigenvalue weighted by atomic mass is 10.4. The zero-order valence-electron chi connectivity index (χ0n) is 5.34. The molecule has 1 unspecified atom stereocenters. The van der Waals surface area contributed by atoms with E-state index in [0.29, 0.717) is 0 Å². The Morgan fingerprint density at radius 2 is 1.56 bits per heavy atom. The van der Waals surface area contributed by atoms with Crippen molar-refractivity contribution in [2.24, 2.45) is 0 Å². The van der Waals surface area contributed by atoms with Crippen LogP contribution in [0.3, 0.4) is 0 Å². The molecule has 0 aliphatic heterocycles. The molecule has 0 amide bonds. The average molecular weight is 161 g/mol. The van der Waals surface area contributed by atoms with Gasteiger partial charge in [-0.3, -0.25) is 0 Å². The number of rotatable bonds is 0. The van der Waals surface area contributed by atoms with Crippen molar-refractivity contribution in [2.75, 3.05) is 6.66 Å². The molecule has 0 aromatic heterocycles. The summed E-state index contributed by atoms with van der Waals surface area (Å²) in [7, 11) is 2.42. The Bertz CT molecular complexity index is 139. The highest BCUT2D eigenvalue weighted by molar-refractivity contribution is 7.15. The molecule has 2 heteroatoms. The molecule has 0 saturated carbocycles. The topological polar surface area (TPSA) is 0 Å². The molecule has 0 nitrogen and oxygen atoms in total. The molecule has 0 bridgehead atoms. The summed E-state index contributed by atoms with van der Waals surface area (Å²) in [5.41, 5.74) is 0. The van der Waals surface area contributed by atoms with Crippen molar-refractivity contribution in [3.8, 4) is 0 Å². The molecular weight excluding hydrogens is 151 g/mol. The summed E-state index contributed by atoms with van der Waals surface area (Å²) < 4.78 is 0. The molecule has 0 fully saturated rings. The fourth-order valence-electron chi connectivity index (χ4n) is 0.415. The fourth-order valence-corrected chi connectivity index (χ4v) is 0.560. The second-order valence-corrected chi connectivity index (χ2v) is 1.73. The molecule has 1 rings (SSSR count). The van der Waals surface area contributed by atoms with Crippen LogP contribution in [-0.4, -0.2) is 6.66 Å². The van der Waals surface area contributed by atoms with Crippen molar-refractivity contribution < 1.29 is 0 Å². The summed E-state index contributed by atoms with van der Waals surface area (Å²) in [6, 6.07) is 9.44. The van der Waals surface area contributed by atoms with Crippen LogP contribution in [0.15, 0.2) is 30.3 Å². The van der Waals surface area contributed by atoms with Gasteiger partial charge in [0.1, 0.15) is 0 Å². The predicted molar refractivity (Wildman–Crippen MR) is 47.1 cm³/mol. The summed E-state index contributed by atoms with van der Waals surface area (Å²) in [6.07, 6.45) is 0. The Morgan fingerprint density at radius 1 is 1.11 bits per heavy atom. The van der Waals surface area contributed by atoms with E-state index in [9.17, 15) is 0 Å². The Hall–Kier alpha value is -0.0600. The third-order valence-corrected chi connectivity index (χ3v) is 0.985. The van der Waals surface area contributed by atoms with Gasteiger partial charge in [-0.1, -0.05) is 36.5 Å². The number of halogens is 1. The van der Waals surface area contributed by atoms with Crippen LogP contribution in [0, 0.1) is 0 Å². The second-order valence-electron chi connectivity index (χ2n) is 1.30. The van der Waals surface area contributed by atoms with Crippen molar-refractivity contribution in [3.05, 3.63) is 35.4 Å². The Morgan fingerprint density at radius 3 is 1.78 bits per heavy atom. The summed E-state index contributed by atoms with van der Waals surface area (Å²) >= 11 is 5.54. The van der Waals surface area contributed by atoms with E-state index in [0.717, 1.165) is 5.02 Å². The van der Waals surface area contributed by atoms with Crippen molar-refractivity contribution in [3.63, 3.8) is 0 Å². The standard InChI is InChI=1S/C6H5Cl.CH5P/c7-6-4-2-1-3-5-6;1-2/h1-5H;2H2,1H3. The quantitative estimate of drug-likeness (QED) is 0.512. The highest BCUT2D eigenvalue weighted by Gasteiger charge is 1.74. The third-order valence-electron chi connectivity index (χ3n) is 0.733. The maximum atomic E-state index is 5.54. The van der Waals surface area contributed by atoms with E-state index < -0.39 is 0 Å². The van der Waals surface area contributed by atoms with Gasteiger partial charge in [0.05, 0.1) is 0 Å². The van der Waals surface area contributed by atoms with Crippen molar-refractivity contribution >= 4 is 20.8 Å². The van der Waals surface area contributed by atoms with Gasteiger partial charge in [-0.25, -0.2) is 0 Å². The predicted octanol–water partition coefficient (Wildman–Crippen LogP) is 2.83. The zero-order valence-corrected chi connectivity index (χ0v) is 7.25. The lowest BCUT2D eigenvalue weighted by molar-refractivity contribution is 1.71. The SMILES string of the molecule is CP.Clc1ccccc1. The summed E-state index contributed by atoms with van der Waals surface area (Å²) in [5.74, 6) is 0. The molecule has 0 aliphatic rings. The molecule has 0 heterocycles. The summed E-state index contributed by atoms with van der Waals surface area (Å²) in [5, 5.41) is 0.794. The van der Waals surface area contributed by atoms with E-state index in [4.69, 9.17) is 11.6 Å². The number of hydrogen-bond acceptors (Lipinski definition) is 0. The summed E-state index contributed by atoms with van der Waals surface area (Å²) in [6.45, 7) is 1.92. The minimum Gasteiger partial charge on any atom is -0.141 e. The molecular formula is C7H10ClP. The lowest BCUT2D eigenvalue weighted by Gasteiger charge is -1.80. The van der Waals surface area contributed by atoms with E-state index in [-0.39, 0.29) is 0 Å². The smallest absolute Gasteiger partial charge is 0.0405 e. The van der Waals surface area contributed by atoms with Crippen LogP contribution >= 0.6 is 20.8 Å². The van der Waals surface area contributed by atoms with Crippen LogP contribution in [0.1, 0.15) is 0 Å². The lowest BCUT2D eigenvalue weighted by Crippen LogP contribution is -1.55. The fraction of sp³-hybridized carbons (Fsp3) is 0.143. The van der Waals surface area contributed by atoms with Crippen LogP contribution in [0.25, 0.3) is 0 Å². The molecule has 0 saturated heterocycles. The highest BCUT2D eigenvalue weighted by atomic mass is 35.5. The van der Waals surface area contributed by atoms with Crippen LogP contribution in [0.2, 0.25) is 5.02 Å². The van der Waals surface area contributed by atoms with E-state index in [1.165, 1.54) is 0 Å². The normalized spacial score (nSPS) is 7.44. The first kappa shape index (κ1) is 8.94. The molecule has 9 heavy (non-hydrogen) atoms. The first-order valence-corrected chi connectivity index (χ1v) is 4.21. The molecule has 0 N–H and O–H groups in total. The van der Waals surface area contributed by atoms with Gasteiger partial charge in [0.25, 0.3) is 0 Å². The molecule has 0 radical (unpaired) electrons. The van der Waals surface area contributed by atoms with E-state index in [2.05, 4.69) is 9.24 Å². The van der Waals surface area contributed by atoms with Gasteiger partial charge in [0.2, 0.25) is 0 Å².